The van der Waals surface area contributed by atoms with E-state index < -0.39 is 0 Å². The fourth-order valence-electron chi connectivity index (χ4n) is 9.77. The van der Waals surface area contributed by atoms with E-state index in [1.165, 1.54) is 65.2 Å². The fraction of sp³-hybridized carbons (Fsp3) is 0. The van der Waals surface area contributed by atoms with Crippen molar-refractivity contribution in [2.24, 2.45) is 0 Å². The Bertz CT molecular complexity index is 3440. The molecule has 270 valence electrons. The average molecular weight is 740 g/mol. The molecule has 0 bridgehead atoms. The summed E-state index contributed by atoms with van der Waals surface area (Å²) < 4.78 is 9.43. The molecule has 5 nitrogen and oxygen atoms in total. The van der Waals surface area contributed by atoms with Gasteiger partial charge in [-0.25, -0.2) is 4.98 Å². The molecule has 0 aliphatic carbocycles. The predicted octanol–water partition coefficient (Wildman–Crippen LogP) is 13.5. The molecule has 13 rings (SSSR count). The lowest BCUT2D eigenvalue weighted by Crippen LogP contribution is -2.00. The summed E-state index contributed by atoms with van der Waals surface area (Å²) in [6, 6.07) is 70.2. The van der Waals surface area contributed by atoms with E-state index in [1.807, 2.05) is 6.20 Å². The van der Waals surface area contributed by atoms with E-state index in [9.17, 15) is 0 Å². The second-order valence-electron chi connectivity index (χ2n) is 15.2. The van der Waals surface area contributed by atoms with Crippen LogP contribution in [0.5, 0.6) is 0 Å². The fourth-order valence-corrected chi connectivity index (χ4v) is 9.77. The molecule has 13 aromatic rings. The Kier molecular flexibility index (Phi) is 6.38. The summed E-state index contributed by atoms with van der Waals surface area (Å²) in [7, 11) is 0. The lowest BCUT2D eigenvalue weighted by Gasteiger charge is -2.12. The van der Waals surface area contributed by atoms with Gasteiger partial charge in [-0.2, -0.15) is 0 Å². The highest BCUT2D eigenvalue weighted by Gasteiger charge is 2.19. The maximum Gasteiger partial charge on any atom is 0.137 e. The molecule has 0 unspecified atom stereocenters. The van der Waals surface area contributed by atoms with Gasteiger partial charge in [-0.05, 0) is 84.9 Å². The van der Waals surface area contributed by atoms with Gasteiger partial charge in [0.2, 0.25) is 0 Å². The molecule has 0 saturated carbocycles. The first kappa shape index (κ1) is 31.3. The molecule has 5 aromatic heterocycles. The van der Waals surface area contributed by atoms with Gasteiger partial charge >= 0.3 is 0 Å². The van der Waals surface area contributed by atoms with Crippen molar-refractivity contribution in [2.75, 3.05) is 0 Å². The zero-order chi connectivity index (χ0) is 37.9. The Morgan fingerprint density at radius 1 is 0.241 bits per heavy atom. The van der Waals surface area contributed by atoms with E-state index >= 15 is 0 Å². The summed E-state index contributed by atoms with van der Waals surface area (Å²) in [5.41, 5.74) is 12.7. The molecule has 0 fully saturated rings. The number of aromatic nitrogens is 5. The number of benzene rings is 8. The molecule has 0 aliphatic rings. The van der Waals surface area contributed by atoms with Crippen LogP contribution in [-0.4, -0.2) is 23.3 Å². The smallest absolute Gasteiger partial charge is 0.137 e. The second kappa shape index (κ2) is 11.8. The highest BCUT2D eigenvalue weighted by Crippen LogP contribution is 2.39. The molecular weight excluding hydrogens is 707 g/mol. The zero-order valence-corrected chi connectivity index (χ0v) is 31.3. The van der Waals surface area contributed by atoms with Crippen LogP contribution >= 0.6 is 0 Å². The first-order valence-corrected chi connectivity index (χ1v) is 19.8. The van der Waals surface area contributed by atoms with E-state index in [2.05, 4.69) is 212 Å². The van der Waals surface area contributed by atoms with Gasteiger partial charge < -0.3 is 13.7 Å². The molecule has 0 N–H and O–H groups in total. The number of fused-ring (bicyclic) bond motifs is 12. The lowest BCUT2D eigenvalue weighted by atomic mass is 10.1. The van der Waals surface area contributed by atoms with Crippen LogP contribution in [0.15, 0.2) is 200 Å². The summed E-state index contributed by atoms with van der Waals surface area (Å²) in [6.45, 7) is 0. The SMILES string of the molecule is c1ccc2c(c1)c1ccccc1n2-c1ccc2c(c1)c1ccccc1n2-c1ccc(-n2c3ccccc3c3cc(-n4c5ccccc5c5ccccc54)ccc32)nc1. The highest BCUT2D eigenvalue weighted by molar-refractivity contribution is 6.14. The monoisotopic (exact) mass is 739 g/mol. The van der Waals surface area contributed by atoms with Crippen LogP contribution in [0.2, 0.25) is 0 Å². The van der Waals surface area contributed by atoms with Gasteiger partial charge in [-0.3, -0.25) is 4.57 Å². The molecule has 0 aliphatic heterocycles. The molecule has 5 heterocycles. The zero-order valence-electron chi connectivity index (χ0n) is 31.3. The number of pyridine rings is 1. The number of hydrogen-bond donors (Lipinski definition) is 0. The van der Waals surface area contributed by atoms with Gasteiger partial charge in [0.15, 0.2) is 0 Å². The van der Waals surface area contributed by atoms with Gasteiger partial charge in [0, 0.05) is 54.5 Å². The maximum atomic E-state index is 5.20. The first-order chi connectivity index (χ1) is 28.8. The van der Waals surface area contributed by atoms with Crippen LogP contribution in [0.3, 0.4) is 0 Å². The van der Waals surface area contributed by atoms with Crippen LogP contribution in [0.1, 0.15) is 0 Å². The van der Waals surface area contributed by atoms with Crippen molar-refractivity contribution in [3.63, 3.8) is 0 Å². The Morgan fingerprint density at radius 3 is 0.914 bits per heavy atom. The Labute approximate surface area is 332 Å². The second-order valence-corrected chi connectivity index (χ2v) is 15.2. The van der Waals surface area contributed by atoms with Crippen LogP contribution in [0.25, 0.3) is 110 Å². The van der Waals surface area contributed by atoms with E-state index in [0.29, 0.717) is 0 Å². The molecule has 0 atom stereocenters. The molecule has 5 heteroatoms. The minimum Gasteiger partial charge on any atom is -0.309 e. The summed E-state index contributed by atoms with van der Waals surface area (Å²) in [5, 5.41) is 9.87. The quantitative estimate of drug-likeness (QED) is 0.177. The molecule has 0 amide bonds. The van der Waals surface area contributed by atoms with Crippen molar-refractivity contribution >= 4 is 87.2 Å². The first-order valence-electron chi connectivity index (χ1n) is 19.8. The van der Waals surface area contributed by atoms with Crippen LogP contribution in [-0.2, 0) is 0 Å². The van der Waals surface area contributed by atoms with Gasteiger partial charge in [0.25, 0.3) is 0 Å². The van der Waals surface area contributed by atoms with E-state index in [4.69, 9.17) is 4.98 Å². The minimum atomic E-state index is 0.883. The van der Waals surface area contributed by atoms with Gasteiger partial charge in [0.1, 0.15) is 5.82 Å². The van der Waals surface area contributed by atoms with Crippen molar-refractivity contribution in [1.29, 1.82) is 0 Å². The van der Waals surface area contributed by atoms with Gasteiger partial charge in [0.05, 0.1) is 56.0 Å². The van der Waals surface area contributed by atoms with Gasteiger partial charge in [-0.1, -0.05) is 109 Å². The summed E-state index contributed by atoms with van der Waals surface area (Å²) in [4.78, 5) is 5.20. The summed E-state index contributed by atoms with van der Waals surface area (Å²) in [5.74, 6) is 0.883. The van der Waals surface area contributed by atoms with Crippen molar-refractivity contribution in [3.05, 3.63) is 200 Å². The Morgan fingerprint density at radius 2 is 0.534 bits per heavy atom. The molecule has 0 radical (unpaired) electrons. The average Bonchev–Trinajstić information content (AvgIpc) is 4.01. The molecular formula is C53H33N5. The van der Waals surface area contributed by atoms with E-state index in [1.54, 1.807) is 0 Å². The highest BCUT2D eigenvalue weighted by atomic mass is 15.1. The third-order valence-electron chi connectivity index (χ3n) is 12.2. The summed E-state index contributed by atoms with van der Waals surface area (Å²) >= 11 is 0. The topological polar surface area (TPSA) is 32.6 Å². The minimum absolute atomic E-state index is 0.883. The Hall–Kier alpha value is -7.89. The van der Waals surface area contributed by atoms with E-state index in [-0.39, 0.29) is 0 Å². The van der Waals surface area contributed by atoms with Crippen LogP contribution < -0.4 is 0 Å². The third kappa shape index (κ3) is 4.27. The standard InChI is InChI=1S/C53H33N5/c1-7-19-45-37(13-1)38-14-2-8-20-46(38)55(45)34-25-28-51-43(31-34)41-17-5-11-23-49(41)57(51)36-27-30-53(54-33-36)58-50-24-12-6-18-42(50)44-32-35(26-29-52(44)58)56-47-21-9-3-15-39(47)40-16-4-10-22-48(40)56/h1-33H. The van der Waals surface area contributed by atoms with Crippen molar-refractivity contribution in [1.82, 2.24) is 23.3 Å². The number of nitrogens with zero attached hydrogens (tertiary/aromatic N) is 5. The Balaban J connectivity index is 0.958. The molecule has 0 saturated heterocycles. The third-order valence-corrected chi connectivity index (χ3v) is 12.2. The maximum absolute atomic E-state index is 5.20. The largest absolute Gasteiger partial charge is 0.309 e. The predicted molar refractivity (Wildman–Crippen MR) is 242 cm³/mol. The molecule has 0 spiro atoms. The summed E-state index contributed by atoms with van der Waals surface area (Å²) in [6.07, 6.45) is 2.02. The van der Waals surface area contributed by atoms with Crippen molar-refractivity contribution < 1.29 is 0 Å². The number of para-hydroxylation sites is 6. The normalized spacial score (nSPS) is 12.1. The number of hydrogen-bond acceptors (Lipinski definition) is 1. The van der Waals surface area contributed by atoms with Crippen LogP contribution in [0.4, 0.5) is 0 Å². The van der Waals surface area contributed by atoms with E-state index in [0.717, 1.165) is 44.9 Å². The van der Waals surface area contributed by atoms with Crippen molar-refractivity contribution in [3.8, 4) is 22.9 Å². The number of rotatable bonds is 4. The lowest BCUT2D eigenvalue weighted by molar-refractivity contribution is 1.05. The van der Waals surface area contributed by atoms with Crippen LogP contribution in [0, 0.1) is 0 Å². The molecule has 8 aromatic carbocycles. The van der Waals surface area contributed by atoms with Gasteiger partial charge in [-0.15, -0.1) is 0 Å². The molecule has 58 heavy (non-hydrogen) atoms. The van der Waals surface area contributed by atoms with Crippen molar-refractivity contribution in [2.45, 2.75) is 0 Å².